The minimum Gasteiger partial charge on any atom is -0.298 e. The number of hydrogen-bond donors (Lipinski definition) is 0. The fourth-order valence-electron chi connectivity index (χ4n) is 0.463. The van der Waals surface area contributed by atoms with Crippen LogP contribution >= 0.6 is 0 Å². The molecule has 2 amide bonds. The Kier molecular flexibility index (Phi) is 3.32. The molecular weight excluding hydrogens is 134 g/mol. The van der Waals surface area contributed by atoms with E-state index in [1.807, 2.05) is 0 Å². The summed E-state index contributed by atoms with van der Waals surface area (Å²) in [6.45, 7) is 2.43. The molecule has 0 saturated heterocycles. The zero-order chi connectivity index (χ0) is 8.15. The first-order chi connectivity index (χ1) is 4.57. The van der Waals surface area contributed by atoms with Gasteiger partial charge in [0.15, 0.2) is 0 Å². The van der Waals surface area contributed by atoms with Gasteiger partial charge in [-0.05, 0) is 6.92 Å². The zero-order valence-corrected chi connectivity index (χ0v) is 5.96. The number of carbonyl (C=O) groups is 3. The molecule has 0 saturated carbocycles. The van der Waals surface area contributed by atoms with Crippen molar-refractivity contribution in [3.8, 4) is 0 Å². The van der Waals surface area contributed by atoms with Crippen LogP contribution < -0.4 is 0 Å². The van der Waals surface area contributed by atoms with Gasteiger partial charge in [-0.3, -0.25) is 19.3 Å². The van der Waals surface area contributed by atoms with E-state index in [0.29, 0.717) is 6.41 Å². The van der Waals surface area contributed by atoms with E-state index in [-0.39, 0.29) is 12.3 Å². The summed E-state index contributed by atoms with van der Waals surface area (Å²) in [6.07, 6.45) is 0.351. The Bertz CT molecular complexity index is 164. The van der Waals surface area contributed by atoms with E-state index in [4.69, 9.17) is 0 Å². The minimum atomic E-state index is -0.412. The van der Waals surface area contributed by atoms with Gasteiger partial charge in [-0.2, -0.15) is 0 Å². The SMILES string of the molecule is CC(=O)CN(C=O)C(C)=O. The van der Waals surface area contributed by atoms with Crippen LogP contribution in [0.4, 0.5) is 0 Å². The first-order valence-electron chi connectivity index (χ1n) is 2.80. The van der Waals surface area contributed by atoms with Crippen molar-refractivity contribution in [1.82, 2.24) is 4.90 Å². The summed E-state index contributed by atoms with van der Waals surface area (Å²) in [6, 6.07) is 0. The van der Waals surface area contributed by atoms with Gasteiger partial charge in [0, 0.05) is 6.92 Å². The Morgan fingerprint density at radius 1 is 1.40 bits per heavy atom. The predicted molar refractivity (Wildman–Crippen MR) is 34.1 cm³/mol. The summed E-state index contributed by atoms with van der Waals surface area (Å²) in [5.74, 6) is -0.618. The molecule has 0 aromatic rings. The van der Waals surface area contributed by atoms with Crippen molar-refractivity contribution in [1.29, 1.82) is 0 Å². The average molecular weight is 143 g/mol. The molecule has 0 aliphatic rings. The van der Waals surface area contributed by atoms with Crippen LogP contribution in [0.25, 0.3) is 0 Å². The second-order valence-electron chi connectivity index (χ2n) is 1.95. The molecule has 0 atom stereocenters. The number of hydrogen-bond acceptors (Lipinski definition) is 3. The first-order valence-corrected chi connectivity index (χ1v) is 2.80. The van der Waals surface area contributed by atoms with Gasteiger partial charge in [0.2, 0.25) is 12.3 Å². The van der Waals surface area contributed by atoms with Crippen molar-refractivity contribution in [2.24, 2.45) is 0 Å². The molecule has 10 heavy (non-hydrogen) atoms. The van der Waals surface area contributed by atoms with Crippen LogP contribution in [0.5, 0.6) is 0 Å². The van der Waals surface area contributed by atoms with Crippen LogP contribution in [0.15, 0.2) is 0 Å². The molecule has 4 heteroatoms. The van der Waals surface area contributed by atoms with E-state index in [1.54, 1.807) is 0 Å². The van der Waals surface area contributed by atoms with Gasteiger partial charge in [-0.25, -0.2) is 0 Å². The Hall–Kier alpha value is -1.19. The van der Waals surface area contributed by atoms with Gasteiger partial charge in [-0.15, -0.1) is 0 Å². The van der Waals surface area contributed by atoms with Crippen LogP contribution in [-0.2, 0) is 14.4 Å². The van der Waals surface area contributed by atoms with Gasteiger partial charge >= 0.3 is 0 Å². The highest BCUT2D eigenvalue weighted by atomic mass is 16.2. The Morgan fingerprint density at radius 3 is 2.00 bits per heavy atom. The fourth-order valence-corrected chi connectivity index (χ4v) is 0.463. The molecule has 0 fully saturated rings. The normalized spacial score (nSPS) is 8.60. The molecule has 0 radical (unpaired) electrons. The van der Waals surface area contributed by atoms with Gasteiger partial charge in [0.05, 0.1) is 6.54 Å². The fraction of sp³-hybridized carbons (Fsp3) is 0.500. The van der Waals surface area contributed by atoms with Crippen molar-refractivity contribution in [2.75, 3.05) is 6.54 Å². The smallest absolute Gasteiger partial charge is 0.226 e. The highest BCUT2D eigenvalue weighted by Gasteiger charge is 2.07. The summed E-state index contributed by atoms with van der Waals surface area (Å²) < 4.78 is 0. The maximum atomic E-state index is 10.5. The van der Waals surface area contributed by atoms with Crippen molar-refractivity contribution in [3.05, 3.63) is 0 Å². The lowest BCUT2D eigenvalue weighted by molar-refractivity contribution is -0.139. The Labute approximate surface area is 58.8 Å². The van der Waals surface area contributed by atoms with Crippen molar-refractivity contribution in [3.63, 3.8) is 0 Å². The molecule has 0 rings (SSSR count). The number of carbonyl (C=O) groups excluding carboxylic acids is 3. The van der Waals surface area contributed by atoms with E-state index < -0.39 is 5.91 Å². The number of nitrogens with zero attached hydrogens (tertiary/aromatic N) is 1. The van der Waals surface area contributed by atoms with E-state index >= 15 is 0 Å². The third-order valence-electron chi connectivity index (χ3n) is 0.925. The summed E-state index contributed by atoms with van der Waals surface area (Å²) in [5.41, 5.74) is 0. The molecule has 0 aromatic heterocycles. The average Bonchev–Trinajstić information content (AvgIpc) is 1.81. The van der Waals surface area contributed by atoms with Gasteiger partial charge < -0.3 is 0 Å². The quantitative estimate of drug-likeness (QED) is 0.504. The summed E-state index contributed by atoms with van der Waals surface area (Å²) in [4.78, 5) is 31.7. The van der Waals surface area contributed by atoms with Crippen LogP contribution in [-0.4, -0.2) is 29.5 Å². The number of amides is 2. The number of rotatable bonds is 3. The van der Waals surface area contributed by atoms with Crippen LogP contribution in [0.2, 0.25) is 0 Å². The standard InChI is InChI=1S/C6H9NO3/c1-5(9)3-7(4-8)6(2)10/h4H,3H2,1-2H3. The van der Waals surface area contributed by atoms with Crippen LogP contribution in [0.1, 0.15) is 13.8 Å². The van der Waals surface area contributed by atoms with Gasteiger partial charge in [0.25, 0.3) is 0 Å². The summed E-state index contributed by atoms with van der Waals surface area (Å²) in [7, 11) is 0. The summed E-state index contributed by atoms with van der Waals surface area (Å²) >= 11 is 0. The third kappa shape index (κ3) is 2.96. The Balaban J connectivity index is 3.96. The summed E-state index contributed by atoms with van der Waals surface area (Å²) in [5, 5.41) is 0. The molecular formula is C6H9NO3. The molecule has 56 valence electrons. The van der Waals surface area contributed by atoms with Crippen LogP contribution in [0.3, 0.4) is 0 Å². The first kappa shape index (κ1) is 8.81. The molecule has 0 spiro atoms. The van der Waals surface area contributed by atoms with Gasteiger partial charge in [-0.1, -0.05) is 0 Å². The molecule has 4 nitrogen and oxygen atoms in total. The molecule has 0 aliphatic heterocycles. The maximum Gasteiger partial charge on any atom is 0.226 e. The van der Waals surface area contributed by atoms with Crippen molar-refractivity contribution >= 4 is 18.1 Å². The molecule has 0 aliphatic carbocycles. The zero-order valence-electron chi connectivity index (χ0n) is 5.96. The molecule has 0 unspecified atom stereocenters. The maximum absolute atomic E-state index is 10.5. The second kappa shape index (κ2) is 3.76. The highest BCUT2D eigenvalue weighted by Crippen LogP contribution is 1.83. The van der Waals surface area contributed by atoms with Crippen molar-refractivity contribution < 1.29 is 14.4 Å². The predicted octanol–water partition coefficient (Wildman–Crippen LogP) is -0.420. The van der Waals surface area contributed by atoms with E-state index in [9.17, 15) is 14.4 Å². The third-order valence-corrected chi connectivity index (χ3v) is 0.925. The lowest BCUT2D eigenvalue weighted by Gasteiger charge is -2.08. The molecule has 0 bridgehead atoms. The topological polar surface area (TPSA) is 54.5 Å². The number of imide groups is 1. The van der Waals surface area contributed by atoms with E-state index in [1.165, 1.54) is 13.8 Å². The number of ketones is 1. The van der Waals surface area contributed by atoms with E-state index in [2.05, 4.69) is 0 Å². The molecule has 0 N–H and O–H groups in total. The lowest BCUT2D eigenvalue weighted by Crippen LogP contribution is -2.31. The van der Waals surface area contributed by atoms with E-state index in [0.717, 1.165) is 4.90 Å². The van der Waals surface area contributed by atoms with Gasteiger partial charge in [0.1, 0.15) is 5.78 Å². The lowest BCUT2D eigenvalue weighted by atomic mass is 10.4. The van der Waals surface area contributed by atoms with Crippen LogP contribution in [0, 0.1) is 0 Å². The molecule has 0 aromatic carbocycles. The number of Topliss-reactive ketones (excluding diaryl/α,β-unsaturated/α-hetero) is 1. The minimum absolute atomic E-state index is 0.126. The second-order valence-corrected chi connectivity index (χ2v) is 1.95. The largest absolute Gasteiger partial charge is 0.298 e. The highest BCUT2D eigenvalue weighted by molar-refractivity contribution is 5.90. The molecule has 0 heterocycles. The monoisotopic (exact) mass is 143 g/mol. The Morgan fingerprint density at radius 2 is 1.90 bits per heavy atom. The van der Waals surface area contributed by atoms with Crippen molar-refractivity contribution in [2.45, 2.75) is 13.8 Å².